The lowest BCUT2D eigenvalue weighted by atomic mass is 10.2. The molecule has 0 aromatic heterocycles. The molecule has 1 N–H and O–H groups in total. The molecule has 14 heavy (non-hydrogen) atoms. The molecule has 5 heteroatoms. The minimum absolute atomic E-state index is 0.0102. The Balaban J connectivity index is 2.44. The molecule has 0 aromatic rings. The molecule has 84 valence electrons. The van der Waals surface area contributed by atoms with Crippen molar-refractivity contribution in [3.63, 3.8) is 0 Å². The predicted octanol–water partition coefficient (Wildman–Crippen LogP) is 1.58. The zero-order valence-corrected chi connectivity index (χ0v) is 10.5. The highest BCUT2D eigenvalue weighted by atomic mass is 35.5. The first-order valence-electron chi connectivity index (χ1n) is 4.83. The highest BCUT2D eigenvalue weighted by Crippen LogP contribution is 2.44. The number of rotatable bonds is 5. The van der Waals surface area contributed by atoms with E-state index in [-0.39, 0.29) is 23.1 Å². The average Bonchev–Trinajstić information content (AvgIpc) is 2.55. The van der Waals surface area contributed by atoms with E-state index in [4.69, 9.17) is 11.6 Å². The van der Waals surface area contributed by atoms with E-state index in [1.807, 2.05) is 6.92 Å². The molecule has 1 aliphatic carbocycles. The quantitative estimate of drug-likeness (QED) is 0.741. The summed E-state index contributed by atoms with van der Waals surface area (Å²) in [7, 11) is -3.14. The van der Waals surface area contributed by atoms with Gasteiger partial charge in [-0.15, -0.1) is 11.6 Å². The fourth-order valence-corrected chi connectivity index (χ4v) is 3.39. The number of sulfonamides is 1. The third-order valence-corrected chi connectivity index (χ3v) is 4.78. The summed E-state index contributed by atoms with van der Waals surface area (Å²) >= 11 is 5.57. The summed E-state index contributed by atoms with van der Waals surface area (Å²) < 4.78 is 25.8. The van der Waals surface area contributed by atoms with Gasteiger partial charge in [0.1, 0.15) is 0 Å². The van der Waals surface area contributed by atoms with Gasteiger partial charge in [0.2, 0.25) is 10.0 Å². The summed E-state index contributed by atoms with van der Waals surface area (Å²) in [6.45, 7) is 5.96. The molecule has 0 spiro atoms. The van der Waals surface area contributed by atoms with Crippen LogP contribution in [0.5, 0.6) is 0 Å². The van der Waals surface area contributed by atoms with Crippen LogP contribution in [0.3, 0.4) is 0 Å². The van der Waals surface area contributed by atoms with Crippen LogP contribution >= 0.6 is 11.6 Å². The van der Waals surface area contributed by atoms with Crippen molar-refractivity contribution in [1.29, 1.82) is 0 Å². The predicted molar refractivity (Wildman–Crippen MR) is 59.0 cm³/mol. The van der Waals surface area contributed by atoms with E-state index in [1.54, 1.807) is 0 Å². The summed E-state index contributed by atoms with van der Waals surface area (Å²) in [5, 5.41) is 0. The van der Waals surface area contributed by atoms with Gasteiger partial charge in [-0.1, -0.05) is 20.8 Å². The van der Waals surface area contributed by atoms with Crippen molar-refractivity contribution in [3.8, 4) is 0 Å². The van der Waals surface area contributed by atoms with E-state index in [0.717, 1.165) is 6.42 Å². The Kier molecular flexibility index (Phi) is 3.49. The first-order valence-corrected chi connectivity index (χ1v) is 7.01. The van der Waals surface area contributed by atoms with Crippen LogP contribution in [-0.2, 0) is 10.0 Å². The average molecular weight is 240 g/mol. The van der Waals surface area contributed by atoms with Crippen LogP contribution < -0.4 is 4.72 Å². The molecule has 0 heterocycles. The summed E-state index contributed by atoms with van der Waals surface area (Å²) in [6.07, 6.45) is 0.932. The van der Waals surface area contributed by atoms with Gasteiger partial charge in [0, 0.05) is 11.9 Å². The second-order valence-corrected chi connectivity index (χ2v) is 7.01. The maximum absolute atomic E-state index is 11.6. The molecule has 0 aliphatic heterocycles. The monoisotopic (exact) mass is 239 g/mol. The minimum Gasteiger partial charge on any atom is -0.212 e. The van der Waals surface area contributed by atoms with Gasteiger partial charge in [-0.3, -0.25) is 0 Å². The van der Waals surface area contributed by atoms with Crippen LogP contribution in [0.2, 0.25) is 0 Å². The lowest BCUT2D eigenvalue weighted by Gasteiger charge is -2.10. The third-order valence-electron chi connectivity index (χ3n) is 2.60. The zero-order chi connectivity index (χ0) is 11.0. The molecule has 0 aromatic carbocycles. The van der Waals surface area contributed by atoms with E-state index in [1.165, 1.54) is 0 Å². The first-order chi connectivity index (χ1) is 6.27. The van der Waals surface area contributed by atoms with Crippen LogP contribution in [0.25, 0.3) is 0 Å². The van der Waals surface area contributed by atoms with Crippen LogP contribution in [0.1, 0.15) is 27.2 Å². The molecule has 1 saturated carbocycles. The Morgan fingerprint density at radius 2 is 2.07 bits per heavy atom. The third kappa shape index (κ3) is 3.41. The Morgan fingerprint density at radius 3 is 2.43 bits per heavy atom. The van der Waals surface area contributed by atoms with Gasteiger partial charge in [0.25, 0.3) is 0 Å². The summed E-state index contributed by atoms with van der Waals surface area (Å²) in [4.78, 5) is 0. The fourth-order valence-electron chi connectivity index (χ4n) is 1.35. The van der Waals surface area contributed by atoms with Crippen LogP contribution in [0, 0.1) is 11.3 Å². The summed E-state index contributed by atoms with van der Waals surface area (Å²) in [5.74, 6) is 0.522. The van der Waals surface area contributed by atoms with Crippen molar-refractivity contribution in [3.05, 3.63) is 0 Å². The maximum Gasteiger partial charge on any atom is 0.212 e. The Hall–Kier alpha value is 0.200. The van der Waals surface area contributed by atoms with Gasteiger partial charge in [-0.2, -0.15) is 0 Å². The van der Waals surface area contributed by atoms with Crippen molar-refractivity contribution in [2.45, 2.75) is 33.2 Å². The second-order valence-electron chi connectivity index (χ2n) is 4.90. The molecule has 2 atom stereocenters. The van der Waals surface area contributed by atoms with Crippen molar-refractivity contribution in [1.82, 2.24) is 4.72 Å². The van der Waals surface area contributed by atoms with Crippen LogP contribution in [0.4, 0.5) is 0 Å². The molecule has 1 fully saturated rings. The molecule has 2 unspecified atom stereocenters. The first kappa shape index (κ1) is 12.3. The van der Waals surface area contributed by atoms with Crippen LogP contribution in [-0.4, -0.2) is 26.1 Å². The number of nitrogens with one attached hydrogen (secondary N) is 1. The fraction of sp³-hybridized carbons (Fsp3) is 1.00. The molecule has 1 aliphatic rings. The normalized spacial score (nSPS) is 27.3. The van der Waals surface area contributed by atoms with Crippen molar-refractivity contribution in [2.75, 3.05) is 11.6 Å². The SMILES string of the molecule is CC(CCl)CS(=O)(=O)NC1CC1(C)C. The standard InChI is InChI=1S/C9H18ClNO2S/c1-7(5-10)6-14(12,13)11-8-4-9(8,2)3/h7-8,11H,4-6H2,1-3H3. The van der Waals surface area contributed by atoms with Gasteiger partial charge in [-0.05, 0) is 17.8 Å². The topological polar surface area (TPSA) is 46.2 Å². The molecule has 0 saturated heterocycles. The number of alkyl halides is 1. The summed E-state index contributed by atoms with van der Waals surface area (Å²) in [6, 6.07) is 0.120. The van der Waals surface area contributed by atoms with E-state index < -0.39 is 10.0 Å². The molecule has 0 amide bonds. The molecule has 0 radical (unpaired) electrons. The van der Waals surface area contributed by atoms with Gasteiger partial charge in [0.05, 0.1) is 5.75 Å². The van der Waals surface area contributed by atoms with E-state index in [0.29, 0.717) is 5.88 Å². The van der Waals surface area contributed by atoms with Crippen molar-refractivity contribution >= 4 is 21.6 Å². The lowest BCUT2D eigenvalue weighted by molar-refractivity contribution is 0.546. The van der Waals surface area contributed by atoms with Crippen molar-refractivity contribution in [2.24, 2.45) is 11.3 Å². The smallest absolute Gasteiger partial charge is 0.212 e. The van der Waals surface area contributed by atoms with E-state index in [2.05, 4.69) is 18.6 Å². The molecular weight excluding hydrogens is 222 g/mol. The molecule has 3 nitrogen and oxygen atoms in total. The van der Waals surface area contributed by atoms with Crippen molar-refractivity contribution < 1.29 is 8.42 Å². The molecule has 1 rings (SSSR count). The van der Waals surface area contributed by atoms with Gasteiger partial charge in [-0.25, -0.2) is 13.1 Å². The lowest BCUT2D eigenvalue weighted by Crippen LogP contribution is -2.33. The van der Waals surface area contributed by atoms with E-state index >= 15 is 0 Å². The summed E-state index contributed by atoms with van der Waals surface area (Å²) in [5.41, 5.74) is 0.136. The zero-order valence-electron chi connectivity index (χ0n) is 8.88. The largest absolute Gasteiger partial charge is 0.212 e. The minimum atomic E-state index is -3.14. The van der Waals surface area contributed by atoms with Gasteiger partial charge >= 0.3 is 0 Å². The van der Waals surface area contributed by atoms with Crippen LogP contribution in [0.15, 0.2) is 0 Å². The van der Waals surface area contributed by atoms with E-state index in [9.17, 15) is 8.42 Å². The highest BCUT2D eigenvalue weighted by molar-refractivity contribution is 7.89. The highest BCUT2D eigenvalue weighted by Gasteiger charge is 2.47. The molecular formula is C9H18ClNO2S. The molecule has 0 bridgehead atoms. The van der Waals surface area contributed by atoms with Gasteiger partial charge in [0.15, 0.2) is 0 Å². The maximum atomic E-state index is 11.6. The Morgan fingerprint density at radius 1 is 1.57 bits per heavy atom. The Bertz CT molecular complexity index is 300. The second kappa shape index (κ2) is 3.99. The number of hydrogen-bond donors (Lipinski definition) is 1. The number of halogens is 1. The number of hydrogen-bond acceptors (Lipinski definition) is 2. The van der Waals surface area contributed by atoms with Gasteiger partial charge < -0.3 is 0 Å². The Labute approximate surface area is 91.3 Å².